The van der Waals surface area contributed by atoms with Crippen LogP contribution in [0.2, 0.25) is 0 Å². The monoisotopic (exact) mass is 368 g/mol. The molecule has 7 nitrogen and oxygen atoms in total. The van der Waals surface area contributed by atoms with Crippen molar-refractivity contribution in [3.8, 4) is 5.75 Å². The summed E-state index contributed by atoms with van der Waals surface area (Å²) in [6.07, 6.45) is 3.64. The fraction of sp³-hybridized carbons (Fsp3) is 0.350. The minimum atomic E-state index is -0.0738. The van der Waals surface area contributed by atoms with Crippen molar-refractivity contribution < 1.29 is 14.1 Å². The Labute approximate surface area is 159 Å². The van der Waals surface area contributed by atoms with E-state index in [0.717, 1.165) is 29.0 Å². The molecule has 2 heterocycles. The van der Waals surface area contributed by atoms with Crippen LogP contribution >= 0.6 is 0 Å². The molecular formula is C20H26N5O2+. The minimum absolute atomic E-state index is 0.0186. The summed E-state index contributed by atoms with van der Waals surface area (Å²) in [7, 11) is 3.43. The molecule has 0 bridgehead atoms. The lowest BCUT2D eigenvalue weighted by Crippen LogP contribution is -2.39. The normalized spacial score (nSPS) is 11.0. The summed E-state index contributed by atoms with van der Waals surface area (Å²) in [4.78, 5) is 17.5. The molecule has 7 heteroatoms. The molecular weight excluding hydrogens is 342 g/mol. The number of amides is 1. The SMILES string of the molecule is CCn1c(CN)[n+](Cc2cccnc2)c2ccc(OCC(=O)N(C)C)cc21. The molecule has 2 N–H and O–H groups in total. The van der Waals surface area contributed by atoms with Gasteiger partial charge in [-0.1, -0.05) is 6.07 Å². The van der Waals surface area contributed by atoms with Crippen molar-refractivity contribution in [3.05, 3.63) is 54.1 Å². The van der Waals surface area contributed by atoms with E-state index in [2.05, 4.69) is 27.1 Å². The summed E-state index contributed by atoms with van der Waals surface area (Å²) in [5, 5.41) is 0. The lowest BCUT2D eigenvalue weighted by Gasteiger charge is -2.11. The number of nitrogens with zero attached hydrogens (tertiary/aromatic N) is 4. The van der Waals surface area contributed by atoms with Crippen molar-refractivity contribution in [1.82, 2.24) is 14.5 Å². The lowest BCUT2D eigenvalue weighted by molar-refractivity contribution is -0.671. The molecule has 27 heavy (non-hydrogen) atoms. The summed E-state index contributed by atoms with van der Waals surface area (Å²) in [6, 6.07) is 9.88. The van der Waals surface area contributed by atoms with Gasteiger partial charge in [0.05, 0.1) is 13.1 Å². The molecule has 142 valence electrons. The number of nitrogens with two attached hydrogens (primary N) is 1. The lowest BCUT2D eigenvalue weighted by atomic mass is 10.2. The van der Waals surface area contributed by atoms with E-state index in [4.69, 9.17) is 10.5 Å². The number of hydrogen-bond donors (Lipinski definition) is 1. The third-order valence-electron chi connectivity index (χ3n) is 4.58. The third kappa shape index (κ3) is 3.93. The average Bonchev–Trinajstić information content (AvgIpc) is 2.98. The van der Waals surface area contributed by atoms with Crippen molar-refractivity contribution in [2.45, 2.75) is 26.6 Å². The Morgan fingerprint density at radius 2 is 2.15 bits per heavy atom. The second-order valence-corrected chi connectivity index (χ2v) is 6.54. The van der Waals surface area contributed by atoms with E-state index in [0.29, 0.717) is 18.8 Å². The van der Waals surface area contributed by atoms with Gasteiger partial charge in [-0.2, -0.15) is 0 Å². The largest absolute Gasteiger partial charge is 0.484 e. The highest BCUT2D eigenvalue weighted by Crippen LogP contribution is 2.22. The number of aryl methyl sites for hydroxylation is 1. The molecule has 0 fully saturated rings. The van der Waals surface area contributed by atoms with Crippen LogP contribution in [0.5, 0.6) is 5.75 Å². The maximum atomic E-state index is 11.8. The van der Waals surface area contributed by atoms with Crippen LogP contribution in [0.4, 0.5) is 0 Å². The van der Waals surface area contributed by atoms with E-state index in [1.54, 1.807) is 20.3 Å². The Morgan fingerprint density at radius 1 is 1.33 bits per heavy atom. The topological polar surface area (TPSA) is 77.3 Å². The maximum absolute atomic E-state index is 11.8. The molecule has 0 aliphatic carbocycles. The molecule has 0 saturated heterocycles. The van der Waals surface area contributed by atoms with Gasteiger partial charge in [0, 0.05) is 38.1 Å². The van der Waals surface area contributed by atoms with Gasteiger partial charge in [-0.05, 0) is 25.1 Å². The first-order valence-corrected chi connectivity index (χ1v) is 9.02. The summed E-state index contributed by atoms with van der Waals surface area (Å²) >= 11 is 0. The molecule has 0 radical (unpaired) electrons. The van der Waals surface area contributed by atoms with Gasteiger partial charge in [-0.3, -0.25) is 9.78 Å². The first-order chi connectivity index (χ1) is 13.0. The number of pyridine rings is 1. The molecule has 0 aliphatic heterocycles. The second-order valence-electron chi connectivity index (χ2n) is 6.54. The standard InChI is InChI=1S/C20H26N5O2/c1-4-24-18-10-16(27-14-20(26)23(2)3)7-8-17(18)25(19(24)11-21)13-15-6-5-9-22-12-15/h5-10,12H,4,11,13-14,21H2,1-3H3/q+1. The zero-order chi connectivity index (χ0) is 19.4. The van der Waals surface area contributed by atoms with E-state index in [9.17, 15) is 4.79 Å². The molecule has 1 amide bonds. The number of hydrogen-bond acceptors (Lipinski definition) is 4. The molecule has 0 unspecified atom stereocenters. The number of imidazole rings is 1. The maximum Gasteiger partial charge on any atom is 0.271 e. The van der Waals surface area contributed by atoms with Crippen LogP contribution in [0.25, 0.3) is 11.0 Å². The number of aromatic nitrogens is 3. The number of carbonyl (C=O) groups excluding carboxylic acids is 1. The van der Waals surface area contributed by atoms with Gasteiger partial charge in [-0.25, -0.2) is 9.13 Å². The number of ether oxygens (including phenoxy) is 1. The van der Waals surface area contributed by atoms with E-state index in [1.165, 1.54) is 4.90 Å². The predicted molar refractivity (Wildman–Crippen MR) is 103 cm³/mol. The van der Waals surface area contributed by atoms with Crippen molar-refractivity contribution in [2.75, 3.05) is 20.7 Å². The Kier molecular flexibility index (Phi) is 5.71. The molecule has 0 saturated carbocycles. The van der Waals surface area contributed by atoms with E-state index in [-0.39, 0.29) is 12.5 Å². The van der Waals surface area contributed by atoms with E-state index >= 15 is 0 Å². The van der Waals surface area contributed by atoms with Crippen LogP contribution in [-0.4, -0.2) is 41.1 Å². The number of benzene rings is 1. The van der Waals surface area contributed by atoms with Gasteiger partial charge in [-0.15, -0.1) is 0 Å². The molecule has 0 aliphatic rings. The third-order valence-corrected chi connectivity index (χ3v) is 4.58. The highest BCUT2D eigenvalue weighted by molar-refractivity contribution is 5.78. The van der Waals surface area contributed by atoms with Crippen LogP contribution in [0.3, 0.4) is 0 Å². The number of likely N-dealkylation sites (N-methyl/N-ethyl adjacent to an activating group) is 1. The number of carbonyl (C=O) groups is 1. The second kappa shape index (κ2) is 8.18. The predicted octanol–water partition coefficient (Wildman–Crippen LogP) is 1.32. The van der Waals surface area contributed by atoms with Crippen LogP contribution in [0, 0.1) is 0 Å². The quantitative estimate of drug-likeness (QED) is 0.638. The van der Waals surface area contributed by atoms with Gasteiger partial charge in [0.25, 0.3) is 11.7 Å². The summed E-state index contributed by atoms with van der Waals surface area (Å²) in [5.74, 6) is 1.63. The number of fused-ring (bicyclic) bond motifs is 1. The van der Waals surface area contributed by atoms with E-state index in [1.807, 2.05) is 30.5 Å². The van der Waals surface area contributed by atoms with Crippen molar-refractivity contribution >= 4 is 16.9 Å². The summed E-state index contributed by atoms with van der Waals surface area (Å²) in [5.41, 5.74) is 9.31. The molecule has 0 atom stereocenters. The molecule has 3 rings (SSSR count). The van der Waals surface area contributed by atoms with Crippen molar-refractivity contribution in [3.63, 3.8) is 0 Å². The molecule has 2 aromatic heterocycles. The number of rotatable bonds is 7. The van der Waals surface area contributed by atoms with Gasteiger partial charge in [0.15, 0.2) is 17.6 Å². The van der Waals surface area contributed by atoms with Gasteiger partial charge >= 0.3 is 0 Å². The van der Waals surface area contributed by atoms with Crippen molar-refractivity contribution in [1.29, 1.82) is 0 Å². The Hall–Kier alpha value is -2.93. The average molecular weight is 368 g/mol. The zero-order valence-corrected chi connectivity index (χ0v) is 16.1. The van der Waals surface area contributed by atoms with Gasteiger partial charge in [0.2, 0.25) is 0 Å². The fourth-order valence-corrected chi connectivity index (χ4v) is 3.16. The Balaban J connectivity index is 1.99. The molecule has 3 aromatic rings. The molecule has 0 spiro atoms. The Bertz CT molecular complexity index is 934. The van der Waals surface area contributed by atoms with E-state index < -0.39 is 0 Å². The minimum Gasteiger partial charge on any atom is -0.484 e. The smallest absolute Gasteiger partial charge is 0.271 e. The van der Waals surface area contributed by atoms with Crippen LogP contribution in [-0.2, 0) is 24.4 Å². The molecule has 1 aromatic carbocycles. The summed E-state index contributed by atoms with van der Waals surface area (Å²) in [6.45, 7) is 4.03. The first kappa shape index (κ1) is 18.8. The summed E-state index contributed by atoms with van der Waals surface area (Å²) < 4.78 is 10.1. The first-order valence-electron chi connectivity index (χ1n) is 9.02. The van der Waals surface area contributed by atoms with Gasteiger partial charge in [0.1, 0.15) is 12.3 Å². The van der Waals surface area contributed by atoms with Crippen LogP contribution in [0.15, 0.2) is 42.7 Å². The zero-order valence-electron chi connectivity index (χ0n) is 16.1. The fourth-order valence-electron chi connectivity index (χ4n) is 3.16. The highest BCUT2D eigenvalue weighted by Gasteiger charge is 2.24. The van der Waals surface area contributed by atoms with Crippen LogP contribution in [0.1, 0.15) is 18.3 Å². The van der Waals surface area contributed by atoms with Crippen LogP contribution < -0.4 is 15.0 Å². The Morgan fingerprint density at radius 3 is 2.78 bits per heavy atom. The van der Waals surface area contributed by atoms with Gasteiger partial charge < -0.3 is 15.4 Å². The van der Waals surface area contributed by atoms with Crippen molar-refractivity contribution in [2.24, 2.45) is 5.73 Å². The highest BCUT2D eigenvalue weighted by atomic mass is 16.5.